The first kappa shape index (κ1) is 14.2. The minimum Gasteiger partial charge on any atom is -0.480 e. The van der Waals surface area contributed by atoms with Gasteiger partial charge in [0.1, 0.15) is 0 Å². The van der Waals surface area contributed by atoms with Crippen LogP contribution in [0.2, 0.25) is 0 Å². The van der Waals surface area contributed by atoms with Gasteiger partial charge in [0.05, 0.1) is 0 Å². The van der Waals surface area contributed by atoms with E-state index in [1.807, 2.05) is 0 Å². The van der Waals surface area contributed by atoms with Crippen molar-refractivity contribution >= 4 is 11.5 Å². The molecule has 1 aliphatic rings. The van der Waals surface area contributed by atoms with Gasteiger partial charge in [-0.05, 0) is 17.2 Å². The van der Waals surface area contributed by atoms with Gasteiger partial charge in [-0.3, -0.25) is 4.79 Å². The number of rotatable bonds is 2. The average Bonchev–Trinajstić information content (AvgIpc) is 2.38. The van der Waals surface area contributed by atoms with Gasteiger partial charge in [-0.15, -0.1) is 0 Å². The van der Waals surface area contributed by atoms with E-state index in [1.165, 1.54) is 6.08 Å². The number of carbonyl (C=O) groups is 1. The molecule has 1 aromatic carbocycles. The number of carboxylic acids is 1. The summed E-state index contributed by atoms with van der Waals surface area (Å²) in [6.45, 7) is 0. The van der Waals surface area contributed by atoms with Crippen LogP contribution in [-0.2, 0) is 4.79 Å². The second kappa shape index (κ2) is 4.70. The van der Waals surface area contributed by atoms with Crippen LogP contribution in [0.25, 0.3) is 5.57 Å². The minimum atomic E-state index is -4.96. The third-order valence-electron chi connectivity index (χ3n) is 3.41. The summed E-state index contributed by atoms with van der Waals surface area (Å²) in [5, 5.41) is 9.09. The van der Waals surface area contributed by atoms with Crippen molar-refractivity contribution in [1.82, 2.24) is 0 Å². The number of alkyl halides is 3. The highest BCUT2D eigenvalue weighted by Crippen LogP contribution is 2.50. The molecule has 0 radical (unpaired) electrons. The van der Waals surface area contributed by atoms with Gasteiger partial charge in [-0.25, -0.2) is 0 Å². The Balaban J connectivity index is 2.52. The van der Waals surface area contributed by atoms with E-state index in [0.717, 1.165) is 6.08 Å². The molecule has 3 nitrogen and oxygen atoms in total. The van der Waals surface area contributed by atoms with Crippen LogP contribution < -0.4 is 5.73 Å². The molecule has 0 bridgehead atoms. The first-order valence-electron chi connectivity index (χ1n) is 5.81. The van der Waals surface area contributed by atoms with Crippen molar-refractivity contribution in [2.24, 2.45) is 11.1 Å². The molecule has 0 aromatic heterocycles. The fourth-order valence-electron chi connectivity index (χ4n) is 2.21. The first-order chi connectivity index (χ1) is 9.29. The van der Waals surface area contributed by atoms with Crippen LogP contribution in [0.3, 0.4) is 0 Å². The monoisotopic (exact) mass is 283 g/mol. The van der Waals surface area contributed by atoms with Gasteiger partial charge in [0.25, 0.3) is 0 Å². The van der Waals surface area contributed by atoms with Crippen LogP contribution in [0, 0.1) is 5.41 Å². The highest BCUT2D eigenvalue weighted by molar-refractivity contribution is 5.85. The Labute approximate surface area is 113 Å². The number of carboxylic acid groups (broad SMARTS) is 1. The van der Waals surface area contributed by atoms with Gasteiger partial charge >= 0.3 is 12.1 Å². The fourth-order valence-corrected chi connectivity index (χ4v) is 2.21. The Hall–Kier alpha value is -2.24. The normalized spacial score (nSPS) is 22.9. The topological polar surface area (TPSA) is 63.3 Å². The zero-order valence-electron chi connectivity index (χ0n) is 10.3. The van der Waals surface area contributed by atoms with Crippen molar-refractivity contribution in [2.75, 3.05) is 0 Å². The molecule has 0 saturated heterocycles. The molecule has 0 heterocycles. The predicted octanol–water partition coefficient (Wildman–Crippen LogP) is 2.95. The van der Waals surface area contributed by atoms with E-state index >= 15 is 0 Å². The maximum atomic E-state index is 13.3. The lowest BCUT2D eigenvalue weighted by Crippen LogP contribution is -2.49. The molecule has 0 fully saturated rings. The third kappa shape index (κ3) is 2.07. The number of allylic oxidation sites excluding steroid dienone is 3. The van der Waals surface area contributed by atoms with Crippen molar-refractivity contribution in [3.05, 3.63) is 53.7 Å². The quantitative estimate of drug-likeness (QED) is 0.877. The molecule has 6 heteroatoms. The summed E-state index contributed by atoms with van der Waals surface area (Å²) in [6, 6.07) is 8.33. The summed E-state index contributed by atoms with van der Waals surface area (Å²) in [5.74, 6) is -1.99. The molecule has 3 N–H and O–H groups in total. The Morgan fingerprint density at radius 3 is 2.30 bits per heavy atom. The third-order valence-corrected chi connectivity index (χ3v) is 3.41. The van der Waals surface area contributed by atoms with Crippen molar-refractivity contribution in [1.29, 1.82) is 0 Å². The summed E-state index contributed by atoms with van der Waals surface area (Å²) in [5.41, 5.74) is 2.44. The zero-order valence-corrected chi connectivity index (χ0v) is 10.3. The summed E-state index contributed by atoms with van der Waals surface area (Å²) < 4.78 is 39.8. The number of hydrogen-bond donors (Lipinski definition) is 2. The Morgan fingerprint density at radius 2 is 1.80 bits per heavy atom. The van der Waals surface area contributed by atoms with Crippen LogP contribution in [0.15, 0.2) is 48.2 Å². The lowest BCUT2D eigenvalue weighted by atomic mass is 9.73. The molecule has 1 aromatic rings. The van der Waals surface area contributed by atoms with Gasteiger partial charge in [0, 0.05) is 12.1 Å². The first-order valence-corrected chi connectivity index (χ1v) is 5.81. The van der Waals surface area contributed by atoms with Gasteiger partial charge in [0.15, 0.2) is 0 Å². The fraction of sp³-hybridized carbons (Fsp3) is 0.214. The summed E-state index contributed by atoms with van der Waals surface area (Å²) in [6.07, 6.45) is -3.23. The van der Waals surface area contributed by atoms with E-state index in [-0.39, 0.29) is 0 Å². The maximum Gasteiger partial charge on any atom is 0.410 e. The van der Waals surface area contributed by atoms with E-state index in [1.54, 1.807) is 30.3 Å². The Kier molecular flexibility index (Phi) is 3.33. The Bertz CT molecular complexity index is 590. The lowest BCUT2D eigenvalue weighted by molar-refractivity contribution is -0.219. The van der Waals surface area contributed by atoms with Gasteiger partial charge in [0.2, 0.25) is 5.41 Å². The van der Waals surface area contributed by atoms with E-state index < -0.39 is 29.7 Å². The van der Waals surface area contributed by atoms with Crippen molar-refractivity contribution in [3.63, 3.8) is 0 Å². The Morgan fingerprint density at radius 1 is 1.20 bits per heavy atom. The van der Waals surface area contributed by atoms with Crippen LogP contribution in [-0.4, -0.2) is 17.3 Å². The van der Waals surface area contributed by atoms with Crippen LogP contribution in [0.1, 0.15) is 12.0 Å². The van der Waals surface area contributed by atoms with E-state index in [0.29, 0.717) is 11.1 Å². The van der Waals surface area contributed by atoms with E-state index in [4.69, 9.17) is 10.8 Å². The van der Waals surface area contributed by atoms with Crippen molar-refractivity contribution < 1.29 is 23.1 Å². The molecular formula is C14H12F3NO2. The molecule has 106 valence electrons. The smallest absolute Gasteiger partial charge is 0.410 e. The van der Waals surface area contributed by atoms with E-state index in [2.05, 4.69) is 0 Å². The number of aliphatic carboxylic acids is 1. The summed E-state index contributed by atoms with van der Waals surface area (Å²) in [7, 11) is 0. The second-order valence-corrected chi connectivity index (χ2v) is 4.56. The largest absolute Gasteiger partial charge is 0.480 e. The van der Waals surface area contributed by atoms with Gasteiger partial charge < -0.3 is 10.8 Å². The molecule has 0 aliphatic heterocycles. The zero-order chi connectivity index (χ0) is 15.0. The van der Waals surface area contributed by atoms with E-state index in [9.17, 15) is 18.0 Å². The number of halogens is 3. The molecule has 1 aliphatic carbocycles. The molecular weight excluding hydrogens is 271 g/mol. The van der Waals surface area contributed by atoms with Crippen LogP contribution >= 0.6 is 0 Å². The molecule has 2 rings (SSSR count). The molecule has 20 heavy (non-hydrogen) atoms. The summed E-state index contributed by atoms with van der Waals surface area (Å²) >= 11 is 0. The summed E-state index contributed by atoms with van der Waals surface area (Å²) in [4.78, 5) is 11.2. The SMILES string of the molecule is NC1=CC=C(c2ccccc2)CC1(C(=O)O)C(F)(F)F. The predicted molar refractivity (Wildman–Crippen MR) is 67.4 cm³/mol. The number of hydrogen-bond acceptors (Lipinski definition) is 2. The molecule has 0 saturated carbocycles. The van der Waals surface area contributed by atoms with Gasteiger partial charge in [-0.2, -0.15) is 13.2 Å². The number of benzene rings is 1. The maximum absolute atomic E-state index is 13.3. The molecule has 1 unspecified atom stereocenters. The van der Waals surface area contributed by atoms with Crippen molar-refractivity contribution in [3.8, 4) is 0 Å². The van der Waals surface area contributed by atoms with Crippen LogP contribution in [0.5, 0.6) is 0 Å². The highest BCUT2D eigenvalue weighted by atomic mass is 19.4. The van der Waals surface area contributed by atoms with Crippen molar-refractivity contribution in [2.45, 2.75) is 12.6 Å². The lowest BCUT2D eigenvalue weighted by Gasteiger charge is -2.35. The standard InChI is InChI=1S/C14H12F3NO2/c15-14(16,17)13(12(19)20)8-10(6-7-11(13)18)9-4-2-1-3-5-9/h1-7H,8,18H2,(H,19,20). The average molecular weight is 283 g/mol. The van der Waals surface area contributed by atoms with Crippen LogP contribution in [0.4, 0.5) is 13.2 Å². The number of nitrogens with two attached hydrogens (primary N) is 1. The minimum absolute atomic E-state index is 0.291. The molecule has 1 atom stereocenters. The second-order valence-electron chi connectivity index (χ2n) is 4.56. The molecule has 0 amide bonds. The molecule has 0 spiro atoms. The van der Waals surface area contributed by atoms with Gasteiger partial charge in [-0.1, -0.05) is 36.4 Å². The highest BCUT2D eigenvalue weighted by Gasteiger charge is 2.63.